The third-order valence-electron chi connectivity index (χ3n) is 11.5. The summed E-state index contributed by atoms with van der Waals surface area (Å²) < 4.78 is 19.4. The van der Waals surface area contributed by atoms with Crippen molar-refractivity contribution in [2.24, 2.45) is 11.8 Å². The van der Waals surface area contributed by atoms with Crippen LogP contribution in [0.25, 0.3) is 0 Å². The monoisotopic (exact) mass is 867 g/mol. The summed E-state index contributed by atoms with van der Waals surface area (Å²) in [5.74, 6) is -1.53. The number of carbonyl (C=O) groups is 3. The minimum Gasteiger partial charge on any atom is -0.497 e. The molecular weight excluding hydrogens is 814 g/mol. The number of esters is 1. The molecule has 9 nitrogen and oxygen atoms in total. The van der Waals surface area contributed by atoms with Crippen LogP contribution >= 0.6 is 30.0 Å². The third kappa shape index (κ3) is 9.22. The summed E-state index contributed by atoms with van der Waals surface area (Å²) in [4.78, 5) is 47.0. The van der Waals surface area contributed by atoms with E-state index in [2.05, 4.69) is 44.1 Å². The van der Waals surface area contributed by atoms with Crippen molar-refractivity contribution in [1.29, 1.82) is 0 Å². The first-order valence-corrected chi connectivity index (χ1v) is 26.3. The molecule has 1 aliphatic heterocycles. The van der Waals surface area contributed by atoms with Crippen molar-refractivity contribution in [1.82, 2.24) is 15.1 Å². The van der Waals surface area contributed by atoms with Crippen molar-refractivity contribution in [3.63, 3.8) is 0 Å². The molecule has 1 amide bonds. The molecule has 0 N–H and O–H groups in total. The van der Waals surface area contributed by atoms with Crippen LogP contribution in [0.3, 0.4) is 0 Å². The summed E-state index contributed by atoms with van der Waals surface area (Å²) in [6, 6.07) is 36.4. The van der Waals surface area contributed by atoms with Crippen LogP contribution in [-0.4, -0.2) is 71.5 Å². The van der Waals surface area contributed by atoms with Gasteiger partial charge < -0.3 is 18.8 Å². The van der Waals surface area contributed by atoms with Gasteiger partial charge in [0, 0.05) is 12.8 Å². The van der Waals surface area contributed by atoms with Crippen LogP contribution in [0.4, 0.5) is 0 Å². The van der Waals surface area contributed by atoms with Gasteiger partial charge in [-0.25, -0.2) is 4.79 Å². The van der Waals surface area contributed by atoms with E-state index in [0.717, 1.165) is 26.5 Å². The number of β-lactam (4-membered cyclic amide) rings is 1. The lowest BCUT2D eigenvalue weighted by molar-refractivity contribution is -0.161. The summed E-state index contributed by atoms with van der Waals surface area (Å²) in [5, 5.41) is 11.7. The first-order chi connectivity index (χ1) is 28.1. The van der Waals surface area contributed by atoms with E-state index in [0.29, 0.717) is 10.1 Å². The number of ether oxygens (including phenoxy) is 2. The summed E-state index contributed by atoms with van der Waals surface area (Å²) >= 11 is 2.78. The number of benzene rings is 4. The number of hydrogen-bond donors (Lipinski definition) is 0. The Hall–Kier alpha value is -4.32. The molecular formula is C46H54N3O6PS2Si. The van der Waals surface area contributed by atoms with Crippen molar-refractivity contribution >= 4 is 77.3 Å². The summed E-state index contributed by atoms with van der Waals surface area (Å²) in [6.07, 6.45) is -0.534. The molecule has 1 saturated heterocycles. The van der Waals surface area contributed by atoms with E-state index in [1.807, 2.05) is 136 Å². The van der Waals surface area contributed by atoms with Crippen LogP contribution in [0, 0.1) is 18.8 Å². The summed E-state index contributed by atoms with van der Waals surface area (Å²) in [7, 11) is -0.787. The summed E-state index contributed by atoms with van der Waals surface area (Å²) in [6.45, 7) is 13.2. The Morgan fingerprint density at radius 2 is 1.37 bits per heavy atom. The van der Waals surface area contributed by atoms with Gasteiger partial charge in [0.05, 0.1) is 30.9 Å². The highest BCUT2D eigenvalue weighted by molar-refractivity contribution is 8.01. The van der Waals surface area contributed by atoms with Crippen molar-refractivity contribution in [2.75, 3.05) is 12.9 Å². The molecule has 59 heavy (non-hydrogen) atoms. The second-order valence-electron chi connectivity index (χ2n) is 16.4. The van der Waals surface area contributed by atoms with E-state index in [4.69, 9.17) is 13.9 Å². The number of amides is 1. The second-order valence-corrected chi connectivity index (χ2v) is 26.8. The minimum absolute atomic E-state index is 0.0436. The third-order valence-corrected chi connectivity index (χ3v) is 22.4. The van der Waals surface area contributed by atoms with Crippen LogP contribution < -0.4 is 20.7 Å². The van der Waals surface area contributed by atoms with Crippen molar-refractivity contribution in [3.8, 4) is 5.75 Å². The molecule has 0 unspecified atom stereocenters. The SMILES string of the molecule is COc1ccc(COC(=O)C(N2C(=O)[C@H]([C@@H](C)O[Si](C)(C)C(C)(C)C)[C@H]2[C@@H](C)C(=O)CSc2nnc(C)s2)=P(c2ccccc2)(c2ccccc2)c2ccccc2)cc1. The van der Waals surface area contributed by atoms with E-state index < -0.39 is 45.2 Å². The predicted molar refractivity (Wildman–Crippen MR) is 244 cm³/mol. The Bertz CT molecular complexity index is 2200. The van der Waals surface area contributed by atoms with E-state index >= 15 is 9.59 Å². The van der Waals surface area contributed by atoms with Gasteiger partial charge in [-0.2, -0.15) is 0 Å². The second kappa shape index (κ2) is 18.5. The molecule has 6 rings (SSSR count). The average molecular weight is 868 g/mol. The number of methoxy groups -OCH3 is 1. The van der Waals surface area contributed by atoms with Crippen LogP contribution in [0.1, 0.15) is 45.2 Å². The lowest BCUT2D eigenvalue weighted by Gasteiger charge is -2.54. The zero-order valence-electron chi connectivity index (χ0n) is 35.2. The van der Waals surface area contributed by atoms with Gasteiger partial charge in [-0.15, -0.1) is 10.2 Å². The molecule has 1 fully saturated rings. The quantitative estimate of drug-likeness (QED) is 0.0319. The van der Waals surface area contributed by atoms with Gasteiger partial charge in [0.2, 0.25) is 5.91 Å². The number of hydrogen-bond acceptors (Lipinski definition) is 10. The smallest absolute Gasteiger partial charge is 0.356 e. The van der Waals surface area contributed by atoms with Gasteiger partial charge in [0.25, 0.3) is 0 Å². The Balaban J connectivity index is 1.60. The Labute approximate surface area is 358 Å². The average Bonchev–Trinajstić information content (AvgIpc) is 3.65. The number of likely N-dealkylation sites (tertiary alicyclic amines) is 1. The molecule has 1 aromatic heterocycles. The lowest BCUT2D eigenvalue weighted by atomic mass is 9.75. The predicted octanol–water partition coefficient (Wildman–Crippen LogP) is 8.26. The fraction of sp³-hybridized carbons (Fsp3) is 0.348. The molecule has 2 heterocycles. The van der Waals surface area contributed by atoms with Crippen LogP contribution in [-0.2, 0) is 30.2 Å². The van der Waals surface area contributed by atoms with Gasteiger partial charge in [0.1, 0.15) is 28.6 Å². The van der Waals surface area contributed by atoms with Crippen LogP contribution in [0.15, 0.2) is 120 Å². The first-order valence-electron chi connectivity index (χ1n) is 19.8. The number of carbonyl (C=O) groups excluding carboxylic acids is 3. The zero-order chi connectivity index (χ0) is 42.5. The maximum Gasteiger partial charge on any atom is 0.356 e. The highest BCUT2D eigenvalue weighted by atomic mass is 32.2. The molecule has 0 radical (unpaired) electrons. The van der Waals surface area contributed by atoms with Gasteiger partial charge >= 0.3 is 5.97 Å². The van der Waals surface area contributed by atoms with Gasteiger partial charge in [0.15, 0.2) is 12.7 Å². The van der Waals surface area contributed by atoms with Crippen molar-refractivity contribution in [3.05, 3.63) is 126 Å². The molecule has 5 aromatic rings. The molecule has 4 atom stereocenters. The topological polar surface area (TPSA) is 108 Å². The molecule has 4 aromatic carbocycles. The molecule has 310 valence electrons. The lowest BCUT2D eigenvalue weighted by Crippen LogP contribution is -2.71. The van der Waals surface area contributed by atoms with E-state index in [1.165, 1.54) is 23.1 Å². The molecule has 0 spiro atoms. The van der Waals surface area contributed by atoms with E-state index in [9.17, 15) is 4.79 Å². The Morgan fingerprint density at radius 1 is 0.847 bits per heavy atom. The van der Waals surface area contributed by atoms with Gasteiger partial charge in [-0.1, -0.05) is 154 Å². The largest absolute Gasteiger partial charge is 0.497 e. The number of rotatable bonds is 16. The van der Waals surface area contributed by atoms with E-state index in [-0.39, 0.29) is 34.5 Å². The maximum absolute atomic E-state index is 15.5. The first kappa shape index (κ1) is 44.2. The van der Waals surface area contributed by atoms with Crippen LogP contribution in [0.2, 0.25) is 18.1 Å². The minimum atomic E-state index is -3.24. The molecule has 13 heteroatoms. The van der Waals surface area contributed by atoms with Crippen molar-refractivity contribution in [2.45, 2.75) is 82.8 Å². The normalized spacial score (nSPS) is 16.8. The molecule has 0 bridgehead atoms. The standard InChI is InChI=1S/C46H54N3O6PS2Si/c1-31(39(50)30-57-45-48-47-33(3)58-45)41-40(32(2)55-59(8,9)46(4,5)6)42(51)49(41)43(44(52)54-29-34-25-27-35(53-7)28-26-34)56(36-19-13-10-14-20-36,37-21-15-11-16-22-37)38-23-17-12-18-24-38/h10-28,31-32,40-41H,29-30H2,1-9H3/t31-,32+,40+,41+/m0/s1. The number of aryl methyl sites for hydroxylation is 1. The van der Waals surface area contributed by atoms with Crippen LogP contribution in [0.5, 0.6) is 5.75 Å². The Morgan fingerprint density at radius 3 is 1.83 bits per heavy atom. The highest BCUT2D eigenvalue weighted by Crippen LogP contribution is 2.51. The van der Waals surface area contributed by atoms with E-state index in [1.54, 1.807) is 12.0 Å². The molecule has 1 aliphatic rings. The van der Waals surface area contributed by atoms with Crippen molar-refractivity contribution < 1.29 is 28.3 Å². The number of ketones is 1. The van der Waals surface area contributed by atoms with Gasteiger partial charge in [-0.3, -0.25) is 9.59 Å². The van der Waals surface area contributed by atoms with Gasteiger partial charge in [-0.05, 0) is 65.6 Å². The molecule has 0 aliphatic carbocycles. The highest BCUT2D eigenvalue weighted by Gasteiger charge is 2.59. The fourth-order valence-electron chi connectivity index (χ4n) is 7.40. The fourth-order valence-corrected chi connectivity index (χ4v) is 15.0. The zero-order valence-corrected chi connectivity index (χ0v) is 38.8. The number of nitrogens with zero attached hydrogens (tertiary/aromatic N) is 3. The summed E-state index contributed by atoms with van der Waals surface area (Å²) in [5.41, 5.74) is 0.988. The number of thioether (sulfide) groups is 1. The number of Topliss-reactive ketones (excluding diaryl/α,β-unsaturated/α-hetero) is 1. The molecule has 0 saturated carbocycles. The number of aromatic nitrogens is 2. The Kier molecular flexibility index (Phi) is 13.9. The maximum atomic E-state index is 15.5.